The van der Waals surface area contributed by atoms with Crippen molar-refractivity contribution in [3.8, 4) is 5.88 Å². The first-order chi connectivity index (χ1) is 9.80. The number of hydrogen-bond donors (Lipinski definition) is 2. The molecule has 0 saturated heterocycles. The van der Waals surface area contributed by atoms with Crippen molar-refractivity contribution in [3.63, 3.8) is 0 Å². The van der Waals surface area contributed by atoms with Crippen molar-refractivity contribution >= 4 is 5.96 Å². The van der Waals surface area contributed by atoms with Crippen LogP contribution in [0.2, 0.25) is 0 Å². The number of rotatable bonds is 8. The summed E-state index contributed by atoms with van der Waals surface area (Å²) in [6.07, 6.45) is 3.63. The highest BCUT2D eigenvalue weighted by atomic mass is 16.5. The van der Waals surface area contributed by atoms with E-state index in [-0.39, 0.29) is 0 Å². The van der Waals surface area contributed by atoms with Crippen LogP contribution < -0.4 is 15.4 Å². The van der Waals surface area contributed by atoms with Crippen LogP contribution in [0.1, 0.15) is 38.8 Å². The Labute approximate surface area is 121 Å². The van der Waals surface area contributed by atoms with E-state index in [1.165, 1.54) is 19.3 Å². The minimum absolute atomic E-state index is 0.542. The number of methoxy groups -OCH3 is 1. The minimum Gasteiger partial charge on any atom is -0.481 e. The van der Waals surface area contributed by atoms with Gasteiger partial charge in [0.2, 0.25) is 5.88 Å². The predicted molar refractivity (Wildman–Crippen MR) is 83.1 cm³/mol. The SMILES string of the molecule is CCCCCNC(=NCc1cccc(OC)n1)NCC. The van der Waals surface area contributed by atoms with Gasteiger partial charge in [0, 0.05) is 19.2 Å². The number of guanidine groups is 1. The van der Waals surface area contributed by atoms with Gasteiger partial charge >= 0.3 is 0 Å². The van der Waals surface area contributed by atoms with Gasteiger partial charge in [-0.15, -0.1) is 0 Å². The molecule has 0 spiro atoms. The second-order valence-corrected chi connectivity index (χ2v) is 4.50. The Hall–Kier alpha value is -1.78. The lowest BCUT2D eigenvalue weighted by atomic mass is 10.2. The number of aliphatic imine (C=N–C) groups is 1. The molecular formula is C15H26N4O. The zero-order chi connectivity index (χ0) is 14.6. The highest BCUT2D eigenvalue weighted by Crippen LogP contribution is 2.07. The number of aromatic nitrogens is 1. The van der Waals surface area contributed by atoms with E-state index in [2.05, 4.69) is 34.5 Å². The van der Waals surface area contributed by atoms with E-state index < -0.39 is 0 Å². The lowest BCUT2D eigenvalue weighted by Gasteiger charge is -2.11. The largest absolute Gasteiger partial charge is 0.481 e. The molecule has 0 unspecified atom stereocenters. The molecule has 1 aromatic heterocycles. The Kier molecular flexibility index (Phi) is 8.19. The first kappa shape index (κ1) is 16.3. The molecule has 1 rings (SSSR count). The molecular weight excluding hydrogens is 252 g/mol. The number of nitrogens with one attached hydrogen (secondary N) is 2. The van der Waals surface area contributed by atoms with E-state index in [1.807, 2.05) is 18.2 Å². The summed E-state index contributed by atoms with van der Waals surface area (Å²) in [7, 11) is 1.62. The lowest BCUT2D eigenvalue weighted by Crippen LogP contribution is -2.37. The van der Waals surface area contributed by atoms with Gasteiger partial charge in [-0.05, 0) is 19.4 Å². The van der Waals surface area contributed by atoms with Crippen LogP contribution in [0.3, 0.4) is 0 Å². The first-order valence-electron chi connectivity index (χ1n) is 7.32. The summed E-state index contributed by atoms with van der Waals surface area (Å²) >= 11 is 0. The van der Waals surface area contributed by atoms with Crippen molar-refractivity contribution < 1.29 is 4.74 Å². The summed E-state index contributed by atoms with van der Waals surface area (Å²) < 4.78 is 5.11. The van der Waals surface area contributed by atoms with E-state index in [4.69, 9.17) is 4.74 Å². The topological polar surface area (TPSA) is 58.5 Å². The van der Waals surface area contributed by atoms with E-state index in [0.717, 1.165) is 24.7 Å². The van der Waals surface area contributed by atoms with Crippen LogP contribution in [0.25, 0.3) is 0 Å². The van der Waals surface area contributed by atoms with Crippen molar-refractivity contribution in [2.45, 2.75) is 39.7 Å². The Morgan fingerprint density at radius 3 is 2.80 bits per heavy atom. The molecule has 1 aromatic rings. The minimum atomic E-state index is 0.542. The molecule has 0 aliphatic heterocycles. The third-order valence-electron chi connectivity index (χ3n) is 2.81. The summed E-state index contributed by atoms with van der Waals surface area (Å²) in [4.78, 5) is 8.88. The molecule has 0 aliphatic rings. The molecule has 2 N–H and O–H groups in total. The molecule has 1 heterocycles. The fourth-order valence-electron chi connectivity index (χ4n) is 1.74. The summed E-state index contributed by atoms with van der Waals surface area (Å²) in [5.41, 5.74) is 0.898. The molecule has 112 valence electrons. The third kappa shape index (κ3) is 6.41. The normalized spacial score (nSPS) is 11.2. The molecule has 0 aliphatic carbocycles. The quantitative estimate of drug-likeness (QED) is 0.435. The van der Waals surface area contributed by atoms with Crippen molar-refractivity contribution in [1.29, 1.82) is 0 Å². The van der Waals surface area contributed by atoms with Crippen molar-refractivity contribution in [3.05, 3.63) is 23.9 Å². The van der Waals surface area contributed by atoms with Gasteiger partial charge in [-0.25, -0.2) is 9.98 Å². The first-order valence-corrected chi connectivity index (χ1v) is 7.32. The van der Waals surface area contributed by atoms with Crippen molar-refractivity contribution in [1.82, 2.24) is 15.6 Å². The predicted octanol–water partition coefficient (Wildman–Crippen LogP) is 2.34. The Morgan fingerprint density at radius 1 is 1.25 bits per heavy atom. The van der Waals surface area contributed by atoms with Crippen LogP contribution in [0.4, 0.5) is 0 Å². The Bertz CT molecular complexity index is 407. The average molecular weight is 278 g/mol. The van der Waals surface area contributed by atoms with Gasteiger partial charge < -0.3 is 15.4 Å². The van der Waals surface area contributed by atoms with Gasteiger partial charge in [-0.2, -0.15) is 0 Å². The van der Waals surface area contributed by atoms with Gasteiger partial charge in [0.05, 0.1) is 19.3 Å². The monoisotopic (exact) mass is 278 g/mol. The molecule has 5 nitrogen and oxygen atoms in total. The van der Waals surface area contributed by atoms with E-state index in [9.17, 15) is 0 Å². The molecule has 0 aromatic carbocycles. The second-order valence-electron chi connectivity index (χ2n) is 4.50. The van der Waals surface area contributed by atoms with Crippen LogP contribution in [-0.2, 0) is 6.54 Å². The maximum absolute atomic E-state index is 5.11. The summed E-state index contributed by atoms with van der Waals surface area (Å²) in [6.45, 7) is 6.61. The summed E-state index contributed by atoms with van der Waals surface area (Å²) in [5.74, 6) is 1.46. The van der Waals surface area contributed by atoms with Gasteiger partial charge in [-0.1, -0.05) is 25.8 Å². The summed E-state index contributed by atoms with van der Waals surface area (Å²) in [6, 6.07) is 5.71. The molecule has 0 saturated carbocycles. The molecule has 5 heteroatoms. The van der Waals surface area contributed by atoms with Crippen LogP contribution in [0, 0.1) is 0 Å². The number of hydrogen-bond acceptors (Lipinski definition) is 3. The van der Waals surface area contributed by atoms with Crippen LogP contribution in [0.5, 0.6) is 5.88 Å². The van der Waals surface area contributed by atoms with E-state index in [0.29, 0.717) is 12.4 Å². The highest BCUT2D eigenvalue weighted by molar-refractivity contribution is 5.79. The molecule has 0 atom stereocenters. The number of ether oxygens (including phenoxy) is 1. The molecule has 0 amide bonds. The van der Waals surface area contributed by atoms with Crippen LogP contribution in [-0.4, -0.2) is 31.1 Å². The molecule has 0 bridgehead atoms. The highest BCUT2D eigenvalue weighted by Gasteiger charge is 1.99. The van der Waals surface area contributed by atoms with E-state index in [1.54, 1.807) is 7.11 Å². The maximum atomic E-state index is 5.11. The Balaban J connectivity index is 2.52. The summed E-state index contributed by atoms with van der Waals surface area (Å²) in [5, 5.41) is 6.57. The maximum Gasteiger partial charge on any atom is 0.213 e. The standard InChI is InChI=1S/C15H26N4O/c1-4-6-7-11-17-15(16-5-2)18-12-13-9-8-10-14(19-13)20-3/h8-10H,4-7,11-12H2,1-3H3,(H2,16,17,18). The second kappa shape index (κ2) is 10.1. The zero-order valence-corrected chi connectivity index (χ0v) is 12.8. The number of pyridine rings is 1. The third-order valence-corrected chi connectivity index (χ3v) is 2.81. The molecule has 0 radical (unpaired) electrons. The van der Waals surface area contributed by atoms with Crippen LogP contribution >= 0.6 is 0 Å². The smallest absolute Gasteiger partial charge is 0.213 e. The van der Waals surface area contributed by atoms with Gasteiger partial charge in [0.25, 0.3) is 0 Å². The van der Waals surface area contributed by atoms with Gasteiger partial charge in [-0.3, -0.25) is 0 Å². The fraction of sp³-hybridized carbons (Fsp3) is 0.600. The van der Waals surface area contributed by atoms with E-state index >= 15 is 0 Å². The average Bonchev–Trinajstić information content (AvgIpc) is 2.49. The number of nitrogens with zero attached hydrogens (tertiary/aromatic N) is 2. The van der Waals surface area contributed by atoms with Gasteiger partial charge in [0.1, 0.15) is 0 Å². The number of unbranched alkanes of at least 4 members (excludes halogenated alkanes) is 2. The van der Waals surface area contributed by atoms with Crippen LogP contribution in [0.15, 0.2) is 23.2 Å². The fourth-order valence-corrected chi connectivity index (χ4v) is 1.74. The molecule has 20 heavy (non-hydrogen) atoms. The molecule has 0 fully saturated rings. The van der Waals surface area contributed by atoms with Crippen molar-refractivity contribution in [2.24, 2.45) is 4.99 Å². The Morgan fingerprint density at radius 2 is 2.10 bits per heavy atom. The lowest BCUT2D eigenvalue weighted by molar-refractivity contribution is 0.396. The zero-order valence-electron chi connectivity index (χ0n) is 12.8. The van der Waals surface area contributed by atoms with Gasteiger partial charge in [0.15, 0.2) is 5.96 Å². The van der Waals surface area contributed by atoms with Crippen molar-refractivity contribution in [2.75, 3.05) is 20.2 Å².